The van der Waals surface area contributed by atoms with Crippen molar-refractivity contribution >= 4 is 23.2 Å². The molecule has 0 unspecified atom stereocenters. The van der Waals surface area contributed by atoms with E-state index in [9.17, 15) is 22.8 Å². The van der Waals surface area contributed by atoms with Gasteiger partial charge in [0.15, 0.2) is 0 Å². The van der Waals surface area contributed by atoms with E-state index >= 15 is 0 Å². The number of aromatic nitrogens is 1. The van der Waals surface area contributed by atoms with E-state index in [1.54, 1.807) is 0 Å². The Bertz CT molecular complexity index is 720. The second-order valence-electron chi connectivity index (χ2n) is 4.09. The van der Waals surface area contributed by atoms with Gasteiger partial charge >= 0.3 is 6.18 Å². The van der Waals surface area contributed by atoms with E-state index < -0.39 is 23.2 Å². The van der Waals surface area contributed by atoms with Gasteiger partial charge in [-0.2, -0.15) is 13.2 Å². The molecule has 0 spiro atoms. The number of amides is 1. The van der Waals surface area contributed by atoms with Crippen LogP contribution in [0.1, 0.15) is 15.9 Å². The Morgan fingerprint density at radius 1 is 1.19 bits per heavy atom. The van der Waals surface area contributed by atoms with Gasteiger partial charge in [0.1, 0.15) is 0 Å². The summed E-state index contributed by atoms with van der Waals surface area (Å²) in [7, 11) is 0. The van der Waals surface area contributed by atoms with Gasteiger partial charge in [-0.05, 0) is 24.3 Å². The third kappa shape index (κ3) is 3.63. The first-order valence-electron chi connectivity index (χ1n) is 5.64. The molecule has 1 aromatic heterocycles. The lowest BCUT2D eigenvalue weighted by atomic mass is 10.2. The summed E-state index contributed by atoms with van der Waals surface area (Å²) in [6.45, 7) is 0. The molecule has 110 valence electrons. The third-order valence-electron chi connectivity index (χ3n) is 2.59. The topological polar surface area (TPSA) is 62.0 Å². The highest BCUT2D eigenvalue weighted by Crippen LogP contribution is 2.33. The molecule has 2 rings (SSSR count). The summed E-state index contributed by atoms with van der Waals surface area (Å²) in [6, 6.07) is 4.98. The van der Waals surface area contributed by atoms with Crippen molar-refractivity contribution in [3.8, 4) is 0 Å². The molecule has 0 saturated heterocycles. The maximum Gasteiger partial charge on any atom is 0.416 e. The van der Waals surface area contributed by atoms with Crippen LogP contribution in [0.2, 0.25) is 5.02 Å². The van der Waals surface area contributed by atoms with Crippen LogP contribution < -0.4 is 10.9 Å². The summed E-state index contributed by atoms with van der Waals surface area (Å²) in [6.07, 6.45) is -3.39. The Balaban J connectivity index is 2.28. The minimum Gasteiger partial charge on any atom is -0.328 e. The highest BCUT2D eigenvalue weighted by molar-refractivity contribution is 6.34. The van der Waals surface area contributed by atoms with Crippen LogP contribution in [0.5, 0.6) is 0 Å². The van der Waals surface area contributed by atoms with Crippen molar-refractivity contribution in [1.82, 2.24) is 4.98 Å². The highest BCUT2D eigenvalue weighted by Gasteiger charge is 2.31. The van der Waals surface area contributed by atoms with Gasteiger partial charge in [0.05, 0.1) is 21.8 Å². The number of carbonyl (C=O) groups is 1. The zero-order valence-electron chi connectivity index (χ0n) is 10.3. The SMILES string of the molecule is O=C(Nc1cc(C(F)(F)F)ccc1Cl)c1ccc(=O)[nH]c1. The smallest absolute Gasteiger partial charge is 0.328 e. The number of hydrogen-bond donors (Lipinski definition) is 2. The molecule has 1 heterocycles. The lowest BCUT2D eigenvalue weighted by molar-refractivity contribution is -0.137. The number of aromatic amines is 1. The number of H-pyrrole nitrogens is 1. The van der Waals surface area contributed by atoms with Gasteiger partial charge in [-0.3, -0.25) is 9.59 Å². The molecule has 0 saturated carbocycles. The number of nitrogens with one attached hydrogen (secondary N) is 2. The van der Waals surface area contributed by atoms with Crippen LogP contribution in [0.25, 0.3) is 0 Å². The van der Waals surface area contributed by atoms with Crippen LogP contribution in [0.4, 0.5) is 18.9 Å². The third-order valence-corrected chi connectivity index (χ3v) is 2.92. The molecule has 0 radical (unpaired) electrons. The zero-order chi connectivity index (χ0) is 15.6. The minimum atomic E-state index is -4.54. The fourth-order valence-corrected chi connectivity index (χ4v) is 1.71. The van der Waals surface area contributed by atoms with Crippen LogP contribution in [0, 0.1) is 0 Å². The summed E-state index contributed by atoms with van der Waals surface area (Å²) in [5, 5.41) is 2.24. The molecule has 1 amide bonds. The first-order chi connectivity index (χ1) is 9.77. The van der Waals surface area contributed by atoms with Crippen molar-refractivity contribution < 1.29 is 18.0 Å². The number of halogens is 4. The fourth-order valence-electron chi connectivity index (χ4n) is 1.54. The predicted octanol–water partition coefficient (Wildman–Crippen LogP) is 3.30. The Morgan fingerprint density at radius 2 is 1.90 bits per heavy atom. The van der Waals surface area contributed by atoms with E-state index in [2.05, 4.69) is 10.3 Å². The van der Waals surface area contributed by atoms with Crippen molar-refractivity contribution in [2.45, 2.75) is 6.18 Å². The first kappa shape index (κ1) is 15.1. The molecule has 0 bridgehead atoms. The largest absolute Gasteiger partial charge is 0.416 e. The molecule has 2 N–H and O–H groups in total. The Kier molecular flexibility index (Phi) is 4.04. The van der Waals surface area contributed by atoms with Gasteiger partial charge in [-0.15, -0.1) is 0 Å². The molecule has 1 aromatic carbocycles. The second kappa shape index (κ2) is 5.61. The quantitative estimate of drug-likeness (QED) is 0.893. The van der Waals surface area contributed by atoms with Gasteiger partial charge in [0.25, 0.3) is 5.91 Å². The molecular weight excluding hydrogens is 309 g/mol. The number of anilines is 1. The molecule has 8 heteroatoms. The van der Waals surface area contributed by atoms with E-state index in [0.717, 1.165) is 30.5 Å². The van der Waals surface area contributed by atoms with Crippen molar-refractivity contribution in [3.05, 3.63) is 63.0 Å². The van der Waals surface area contributed by atoms with E-state index in [4.69, 9.17) is 11.6 Å². The van der Waals surface area contributed by atoms with E-state index in [1.165, 1.54) is 6.07 Å². The van der Waals surface area contributed by atoms with Gasteiger partial charge in [0, 0.05) is 12.3 Å². The molecule has 0 aliphatic carbocycles. The maximum atomic E-state index is 12.6. The average molecular weight is 317 g/mol. The normalized spacial score (nSPS) is 11.2. The maximum absolute atomic E-state index is 12.6. The van der Waals surface area contributed by atoms with Crippen molar-refractivity contribution in [1.29, 1.82) is 0 Å². The van der Waals surface area contributed by atoms with Gasteiger partial charge < -0.3 is 10.3 Å². The standard InChI is InChI=1S/C13H8ClF3N2O2/c14-9-3-2-8(13(15,16)17)5-10(9)19-12(21)7-1-4-11(20)18-6-7/h1-6H,(H,18,20)(H,19,21). The van der Waals surface area contributed by atoms with E-state index in [0.29, 0.717) is 0 Å². The predicted molar refractivity (Wildman–Crippen MR) is 71.5 cm³/mol. The monoisotopic (exact) mass is 316 g/mol. The number of benzene rings is 1. The van der Waals surface area contributed by atoms with Crippen molar-refractivity contribution in [3.63, 3.8) is 0 Å². The molecule has 21 heavy (non-hydrogen) atoms. The van der Waals surface area contributed by atoms with Crippen LogP contribution >= 0.6 is 11.6 Å². The van der Waals surface area contributed by atoms with Gasteiger partial charge in [-0.1, -0.05) is 11.6 Å². The molecule has 2 aromatic rings. The highest BCUT2D eigenvalue weighted by atomic mass is 35.5. The molecular formula is C13H8ClF3N2O2. The number of alkyl halides is 3. The number of carbonyl (C=O) groups excluding carboxylic acids is 1. The number of pyridine rings is 1. The second-order valence-corrected chi connectivity index (χ2v) is 4.50. The summed E-state index contributed by atoms with van der Waals surface area (Å²) in [4.78, 5) is 25.0. The Morgan fingerprint density at radius 3 is 2.48 bits per heavy atom. The minimum absolute atomic E-state index is 0.0271. The molecule has 0 aliphatic rings. The van der Waals surface area contributed by atoms with Crippen LogP contribution in [0.15, 0.2) is 41.3 Å². The summed E-state index contributed by atoms with van der Waals surface area (Å²) < 4.78 is 37.8. The van der Waals surface area contributed by atoms with Crippen LogP contribution in [-0.2, 0) is 6.18 Å². The Labute approximate surface area is 121 Å². The number of rotatable bonds is 2. The lowest BCUT2D eigenvalue weighted by Crippen LogP contribution is -2.15. The van der Waals surface area contributed by atoms with Gasteiger partial charge in [-0.25, -0.2) is 0 Å². The number of hydrogen-bond acceptors (Lipinski definition) is 2. The zero-order valence-corrected chi connectivity index (χ0v) is 11.0. The molecule has 0 atom stereocenters. The molecule has 4 nitrogen and oxygen atoms in total. The Hall–Kier alpha value is -2.28. The lowest BCUT2D eigenvalue weighted by Gasteiger charge is -2.11. The van der Waals surface area contributed by atoms with E-state index in [1.807, 2.05) is 0 Å². The summed E-state index contributed by atoms with van der Waals surface area (Å²) in [5.41, 5.74) is -1.40. The average Bonchev–Trinajstić information content (AvgIpc) is 2.40. The van der Waals surface area contributed by atoms with Crippen molar-refractivity contribution in [2.75, 3.05) is 5.32 Å². The fraction of sp³-hybridized carbons (Fsp3) is 0.0769. The molecule has 0 fully saturated rings. The van der Waals surface area contributed by atoms with Crippen molar-refractivity contribution in [2.24, 2.45) is 0 Å². The summed E-state index contributed by atoms with van der Waals surface area (Å²) >= 11 is 5.76. The van der Waals surface area contributed by atoms with Crippen LogP contribution in [0.3, 0.4) is 0 Å². The van der Waals surface area contributed by atoms with Gasteiger partial charge in [0.2, 0.25) is 5.56 Å². The first-order valence-corrected chi connectivity index (χ1v) is 6.02. The van der Waals surface area contributed by atoms with E-state index in [-0.39, 0.29) is 16.3 Å². The molecule has 0 aliphatic heterocycles. The summed E-state index contributed by atoms with van der Waals surface area (Å²) in [5.74, 6) is -0.688. The van der Waals surface area contributed by atoms with Crippen LogP contribution in [-0.4, -0.2) is 10.9 Å².